The van der Waals surface area contributed by atoms with Crippen LogP contribution in [0.5, 0.6) is 11.5 Å². The van der Waals surface area contributed by atoms with E-state index in [-0.39, 0.29) is 23.8 Å². The molecule has 2 rings (SSSR count). The van der Waals surface area contributed by atoms with Crippen LogP contribution >= 0.6 is 0 Å². The van der Waals surface area contributed by atoms with Crippen LogP contribution in [0.3, 0.4) is 0 Å². The second kappa shape index (κ2) is 10.6. The quantitative estimate of drug-likeness (QED) is 0.455. The number of hydrazone groups is 1. The number of amides is 3. The maximum atomic E-state index is 12.4. The number of rotatable bonds is 8. The summed E-state index contributed by atoms with van der Waals surface area (Å²) in [5, 5.41) is 9.33. The van der Waals surface area contributed by atoms with Gasteiger partial charge in [0.05, 0.1) is 37.6 Å². The van der Waals surface area contributed by atoms with Crippen molar-refractivity contribution in [1.29, 1.82) is 0 Å². The Morgan fingerprint density at radius 3 is 2.20 bits per heavy atom. The summed E-state index contributed by atoms with van der Waals surface area (Å²) >= 11 is 0. The van der Waals surface area contributed by atoms with Gasteiger partial charge in [-0.15, -0.1) is 0 Å². The van der Waals surface area contributed by atoms with Crippen molar-refractivity contribution in [1.82, 2.24) is 5.43 Å². The highest BCUT2D eigenvalue weighted by Crippen LogP contribution is 2.24. The van der Waals surface area contributed by atoms with Gasteiger partial charge in [-0.05, 0) is 31.2 Å². The van der Waals surface area contributed by atoms with Crippen LogP contribution in [-0.2, 0) is 9.59 Å². The van der Waals surface area contributed by atoms with Crippen molar-refractivity contribution in [2.75, 3.05) is 24.9 Å². The smallest absolute Gasteiger partial charge is 0.275 e. The van der Waals surface area contributed by atoms with Gasteiger partial charge in [-0.3, -0.25) is 14.4 Å². The van der Waals surface area contributed by atoms with E-state index in [9.17, 15) is 14.4 Å². The highest BCUT2D eigenvalue weighted by atomic mass is 16.5. The Morgan fingerprint density at radius 2 is 1.60 bits per heavy atom. The molecule has 3 amide bonds. The van der Waals surface area contributed by atoms with E-state index < -0.39 is 5.91 Å². The zero-order chi connectivity index (χ0) is 22.1. The standard InChI is InChI=1S/C21H24N4O5/c1-13(11-20(27)23-18-8-6-5-7-17(18)22-14(2)26)24-25-21(28)16-10-9-15(29-3)12-19(16)30-4/h5-10,12H,11H2,1-4H3,(H,22,26)(H,23,27)(H,25,28)/b24-13+. The number of ether oxygens (including phenoxy) is 2. The fourth-order valence-corrected chi connectivity index (χ4v) is 2.55. The highest BCUT2D eigenvalue weighted by molar-refractivity contribution is 6.08. The second-order valence-corrected chi connectivity index (χ2v) is 6.31. The molecular formula is C21H24N4O5. The number of hydrogen-bond acceptors (Lipinski definition) is 6. The lowest BCUT2D eigenvalue weighted by atomic mass is 10.2. The summed E-state index contributed by atoms with van der Waals surface area (Å²) in [5.74, 6) is -0.173. The Hall–Kier alpha value is -3.88. The van der Waals surface area contributed by atoms with Gasteiger partial charge in [0, 0.05) is 18.7 Å². The van der Waals surface area contributed by atoms with Crippen LogP contribution in [-0.4, -0.2) is 37.7 Å². The predicted octanol–water partition coefficient (Wildman–Crippen LogP) is 2.80. The number of para-hydroxylation sites is 2. The number of benzene rings is 2. The molecule has 0 spiro atoms. The van der Waals surface area contributed by atoms with E-state index in [2.05, 4.69) is 21.2 Å². The minimum absolute atomic E-state index is 0.0472. The Bertz CT molecular complexity index is 972. The second-order valence-electron chi connectivity index (χ2n) is 6.31. The lowest BCUT2D eigenvalue weighted by Gasteiger charge is -2.11. The van der Waals surface area contributed by atoms with Crippen molar-refractivity contribution in [2.24, 2.45) is 5.10 Å². The van der Waals surface area contributed by atoms with Crippen molar-refractivity contribution in [3.8, 4) is 11.5 Å². The van der Waals surface area contributed by atoms with Gasteiger partial charge in [-0.1, -0.05) is 12.1 Å². The van der Waals surface area contributed by atoms with E-state index in [1.165, 1.54) is 21.1 Å². The number of anilines is 2. The molecule has 0 bridgehead atoms. The molecule has 9 heteroatoms. The zero-order valence-corrected chi connectivity index (χ0v) is 17.2. The van der Waals surface area contributed by atoms with E-state index in [0.717, 1.165) is 0 Å². The van der Waals surface area contributed by atoms with Crippen LogP contribution in [0.4, 0.5) is 11.4 Å². The first kappa shape index (κ1) is 22.4. The van der Waals surface area contributed by atoms with Crippen LogP contribution in [0.15, 0.2) is 47.6 Å². The van der Waals surface area contributed by atoms with Gasteiger partial charge in [-0.2, -0.15) is 5.10 Å². The molecular weight excluding hydrogens is 388 g/mol. The Kier molecular flexibility index (Phi) is 7.92. The van der Waals surface area contributed by atoms with E-state index in [0.29, 0.717) is 28.6 Å². The van der Waals surface area contributed by atoms with Gasteiger partial charge in [0.1, 0.15) is 11.5 Å². The first-order valence-electron chi connectivity index (χ1n) is 9.06. The summed E-state index contributed by atoms with van der Waals surface area (Å²) in [7, 11) is 2.96. The van der Waals surface area contributed by atoms with Gasteiger partial charge in [-0.25, -0.2) is 5.43 Å². The predicted molar refractivity (Wildman–Crippen MR) is 114 cm³/mol. The molecule has 0 radical (unpaired) electrons. The molecule has 0 atom stereocenters. The van der Waals surface area contributed by atoms with Crippen LogP contribution in [0.1, 0.15) is 30.6 Å². The minimum atomic E-state index is -0.481. The topological polar surface area (TPSA) is 118 Å². The summed E-state index contributed by atoms with van der Waals surface area (Å²) in [6, 6.07) is 11.6. The third kappa shape index (κ3) is 6.33. The lowest BCUT2D eigenvalue weighted by Crippen LogP contribution is -2.22. The van der Waals surface area contributed by atoms with Crippen LogP contribution in [0, 0.1) is 0 Å². The lowest BCUT2D eigenvalue weighted by molar-refractivity contribution is -0.115. The first-order chi connectivity index (χ1) is 14.3. The molecule has 9 nitrogen and oxygen atoms in total. The molecule has 0 saturated heterocycles. The zero-order valence-electron chi connectivity index (χ0n) is 17.2. The van der Waals surface area contributed by atoms with Crippen molar-refractivity contribution < 1.29 is 23.9 Å². The molecule has 158 valence electrons. The Labute approximate surface area is 174 Å². The van der Waals surface area contributed by atoms with Crippen molar-refractivity contribution >= 4 is 34.8 Å². The van der Waals surface area contributed by atoms with Crippen molar-refractivity contribution in [3.05, 3.63) is 48.0 Å². The van der Waals surface area contributed by atoms with Crippen LogP contribution in [0.2, 0.25) is 0 Å². The average Bonchev–Trinajstić information content (AvgIpc) is 2.72. The molecule has 0 fully saturated rings. The maximum absolute atomic E-state index is 12.4. The van der Waals surface area contributed by atoms with Crippen LogP contribution < -0.4 is 25.5 Å². The summed E-state index contributed by atoms with van der Waals surface area (Å²) in [6.45, 7) is 3.00. The fraction of sp³-hybridized carbons (Fsp3) is 0.238. The highest BCUT2D eigenvalue weighted by Gasteiger charge is 2.14. The number of carbonyl (C=O) groups excluding carboxylic acids is 3. The monoisotopic (exact) mass is 412 g/mol. The molecule has 0 heterocycles. The maximum Gasteiger partial charge on any atom is 0.275 e. The third-order valence-corrected chi connectivity index (χ3v) is 3.93. The molecule has 0 aliphatic rings. The van der Waals surface area contributed by atoms with Gasteiger partial charge in [0.15, 0.2) is 0 Å². The number of nitrogens with zero attached hydrogens (tertiary/aromatic N) is 1. The third-order valence-electron chi connectivity index (χ3n) is 3.93. The largest absolute Gasteiger partial charge is 0.497 e. The Morgan fingerprint density at radius 1 is 0.933 bits per heavy atom. The summed E-state index contributed by atoms with van der Waals surface area (Å²) in [4.78, 5) is 35.9. The molecule has 0 aromatic heterocycles. The van der Waals surface area contributed by atoms with E-state index >= 15 is 0 Å². The van der Waals surface area contributed by atoms with Gasteiger partial charge >= 0.3 is 0 Å². The summed E-state index contributed by atoms with van der Waals surface area (Å²) < 4.78 is 10.3. The molecule has 0 aliphatic carbocycles. The van der Waals surface area contributed by atoms with Gasteiger partial charge in [0.25, 0.3) is 5.91 Å². The molecule has 3 N–H and O–H groups in total. The van der Waals surface area contributed by atoms with Crippen molar-refractivity contribution in [3.63, 3.8) is 0 Å². The number of methoxy groups -OCH3 is 2. The minimum Gasteiger partial charge on any atom is -0.497 e. The SMILES string of the molecule is COc1ccc(C(=O)N/N=C(\C)CC(=O)Nc2ccccc2NC(C)=O)c(OC)c1. The summed E-state index contributed by atoms with van der Waals surface area (Å²) in [6.07, 6.45) is -0.0472. The number of carbonyl (C=O) groups is 3. The molecule has 0 aliphatic heterocycles. The number of hydrogen-bond donors (Lipinski definition) is 3. The molecule has 2 aromatic carbocycles. The van der Waals surface area contributed by atoms with E-state index in [1.54, 1.807) is 49.4 Å². The molecule has 30 heavy (non-hydrogen) atoms. The number of nitrogens with one attached hydrogen (secondary N) is 3. The summed E-state index contributed by atoms with van der Waals surface area (Å²) in [5.41, 5.74) is 4.05. The van der Waals surface area contributed by atoms with Crippen molar-refractivity contribution in [2.45, 2.75) is 20.3 Å². The molecule has 2 aromatic rings. The Balaban J connectivity index is 1.99. The van der Waals surface area contributed by atoms with Crippen LogP contribution in [0.25, 0.3) is 0 Å². The average molecular weight is 412 g/mol. The first-order valence-corrected chi connectivity index (χ1v) is 9.06. The normalized spacial score (nSPS) is 10.7. The molecule has 0 saturated carbocycles. The van der Waals surface area contributed by atoms with E-state index in [4.69, 9.17) is 9.47 Å². The van der Waals surface area contributed by atoms with Gasteiger partial charge < -0.3 is 20.1 Å². The molecule has 0 unspecified atom stereocenters. The fourth-order valence-electron chi connectivity index (χ4n) is 2.55. The van der Waals surface area contributed by atoms with Gasteiger partial charge in [0.2, 0.25) is 11.8 Å². The van der Waals surface area contributed by atoms with E-state index in [1.807, 2.05) is 0 Å².